The zero-order valence-corrected chi connectivity index (χ0v) is 15.8. The lowest BCUT2D eigenvalue weighted by atomic mass is 9.91. The van der Waals surface area contributed by atoms with Crippen molar-refractivity contribution in [3.63, 3.8) is 0 Å². The van der Waals surface area contributed by atoms with Gasteiger partial charge < -0.3 is 10.2 Å². The van der Waals surface area contributed by atoms with Gasteiger partial charge in [-0.25, -0.2) is 0 Å². The SMILES string of the molecule is O=C(c1ccc(C2CCCNC2)cc1)N1CCN(Cc2ccncc2)CC1. The van der Waals surface area contributed by atoms with Crippen LogP contribution in [-0.4, -0.2) is 60.0 Å². The lowest BCUT2D eigenvalue weighted by Crippen LogP contribution is -2.48. The second kappa shape index (κ2) is 8.63. The van der Waals surface area contributed by atoms with Crippen molar-refractivity contribution in [2.45, 2.75) is 25.3 Å². The molecule has 0 spiro atoms. The van der Waals surface area contributed by atoms with Crippen LogP contribution in [0.4, 0.5) is 0 Å². The fraction of sp³-hybridized carbons (Fsp3) is 0.455. The van der Waals surface area contributed by atoms with Crippen molar-refractivity contribution >= 4 is 5.91 Å². The average molecular weight is 364 g/mol. The molecule has 0 aliphatic carbocycles. The number of hydrogen-bond donors (Lipinski definition) is 1. The molecule has 0 radical (unpaired) electrons. The van der Waals surface area contributed by atoms with Gasteiger partial charge in [-0.1, -0.05) is 12.1 Å². The van der Waals surface area contributed by atoms with E-state index in [-0.39, 0.29) is 5.91 Å². The summed E-state index contributed by atoms with van der Waals surface area (Å²) >= 11 is 0. The molecule has 1 aromatic heterocycles. The molecule has 2 fully saturated rings. The largest absolute Gasteiger partial charge is 0.336 e. The molecule has 1 amide bonds. The van der Waals surface area contributed by atoms with Gasteiger partial charge in [0.25, 0.3) is 5.91 Å². The first-order valence-corrected chi connectivity index (χ1v) is 10.0. The van der Waals surface area contributed by atoms with Gasteiger partial charge in [-0.15, -0.1) is 0 Å². The average Bonchev–Trinajstić information content (AvgIpc) is 2.75. The second-order valence-electron chi connectivity index (χ2n) is 7.59. The van der Waals surface area contributed by atoms with Crippen molar-refractivity contribution in [3.8, 4) is 0 Å². The van der Waals surface area contributed by atoms with Crippen molar-refractivity contribution in [2.75, 3.05) is 39.3 Å². The number of carbonyl (C=O) groups excluding carboxylic acids is 1. The van der Waals surface area contributed by atoms with Crippen molar-refractivity contribution in [1.82, 2.24) is 20.1 Å². The van der Waals surface area contributed by atoms with E-state index in [1.807, 2.05) is 29.4 Å². The third kappa shape index (κ3) is 4.54. The van der Waals surface area contributed by atoms with E-state index in [0.29, 0.717) is 5.92 Å². The Morgan fingerprint density at radius 2 is 1.78 bits per heavy atom. The Kier molecular flexibility index (Phi) is 5.80. The number of nitrogens with one attached hydrogen (secondary N) is 1. The molecule has 1 unspecified atom stereocenters. The molecular formula is C22H28N4O. The maximum Gasteiger partial charge on any atom is 0.253 e. The highest BCUT2D eigenvalue weighted by Crippen LogP contribution is 2.23. The van der Waals surface area contributed by atoms with E-state index in [0.717, 1.165) is 51.4 Å². The molecule has 2 aliphatic rings. The van der Waals surface area contributed by atoms with Gasteiger partial charge in [0.1, 0.15) is 0 Å². The maximum atomic E-state index is 12.8. The highest BCUT2D eigenvalue weighted by atomic mass is 16.2. The van der Waals surface area contributed by atoms with Gasteiger partial charge in [-0.3, -0.25) is 14.7 Å². The van der Waals surface area contributed by atoms with E-state index in [4.69, 9.17) is 0 Å². The molecule has 1 N–H and O–H groups in total. The minimum Gasteiger partial charge on any atom is -0.336 e. The van der Waals surface area contributed by atoms with Crippen molar-refractivity contribution in [3.05, 3.63) is 65.5 Å². The lowest BCUT2D eigenvalue weighted by Gasteiger charge is -2.34. The summed E-state index contributed by atoms with van der Waals surface area (Å²) in [5.41, 5.74) is 3.43. The van der Waals surface area contributed by atoms with Gasteiger partial charge in [0.2, 0.25) is 0 Å². The van der Waals surface area contributed by atoms with E-state index in [9.17, 15) is 4.79 Å². The maximum absolute atomic E-state index is 12.8. The van der Waals surface area contributed by atoms with Gasteiger partial charge >= 0.3 is 0 Å². The summed E-state index contributed by atoms with van der Waals surface area (Å²) in [5.74, 6) is 0.742. The first kappa shape index (κ1) is 18.1. The van der Waals surface area contributed by atoms with Crippen LogP contribution in [0, 0.1) is 0 Å². The highest BCUT2D eigenvalue weighted by Gasteiger charge is 2.22. The Balaban J connectivity index is 1.31. The molecule has 2 aliphatic heterocycles. The lowest BCUT2D eigenvalue weighted by molar-refractivity contribution is 0.0628. The van der Waals surface area contributed by atoms with Crippen LogP contribution in [0.3, 0.4) is 0 Å². The molecule has 1 atom stereocenters. The fourth-order valence-corrected chi connectivity index (χ4v) is 4.07. The van der Waals surface area contributed by atoms with Crippen molar-refractivity contribution < 1.29 is 4.79 Å². The molecule has 142 valence electrons. The van der Waals surface area contributed by atoms with Crippen LogP contribution in [0.1, 0.15) is 40.2 Å². The molecule has 27 heavy (non-hydrogen) atoms. The third-order valence-electron chi connectivity index (χ3n) is 5.74. The molecule has 2 saturated heterocycles. The summed E-state index contributed by atoms with van der Waals surface area (Å²) in [6, 6.07) is 12.4. The van der Waals surface area contributed by atoms with Crippen LogP contribution in [-0.2, 0) is 6.54 Å². The summed E-state index contributed by atoms with van der Waals surface area (Å²) in [7, 11) is 0. The number of pyridine rings is 1. The molecular weight excluding hydrogens is 336 g/mol. The standard InChI is InChI=1S/C22H28N4O/c27-22(20-5-3-19(4-6-20)21-2-1-9-24-16-21)26-14-12-25(13-15-26)17-18-7-10-23-11-8-18/h3-8,10-11,21,24H,1-2,9,12-17H2. The summed E-state index contributed by atoms with van der Waals surface area (Å²) in [6.45, 7) is 6.51. The quantitative estimate of drug-likeness (QED) is 0.906. The first-order valence-electron chi connectivity index (χ1n) is 10.0. The highest BCUT2D eigenvalue weighted by molar-refractivity contribution is 5.94. The van der Waals surface area contributed by atoms with E-state index >= 15 is 0 Å². The minimum atomic E-state index is 0.159. The number of amides is 1. The van der Waals surface area contributed by atoms with E-state index in [1.165, 1.54) is 24.0 Å². The number of piperazine rings is 1. The first-order chi connectivity index (χ1) is 13.3. The van der Waals surface area contributed by atoms with Gasteiger partial charge in [-0.05, 0) is 60.7 Å². The predicted molar refractivity (Wildman–Crippen MR) is 107 cm³/mol. The minimum absolute atomic E-state index is 0.159. The number of rotatable bonds is 4. The fourth-order valence-electron chi connectivity index (χ4n) is 4.07. The van der Waals surface area contributed by atoms with Gasteiger partial charge in [0, 0.05) is 57.2 Å². The summed E-state index contributed by atoms with van der Waals surface area (Å²) in [5, 5.41) is 3.46. The number of hydrogen-bond acceptors (Lipinski definition) is 4. The Bertz CT molecular complexity index is 733. The van der Waals surface area contributed by atoms with Crippen molar-refractivity contribution in [2.24, 2.45) is 0 Å². The number of benzene rings is 1. The Morgan fingerprint density at radius 1 is 1.04 bits per heavy atom. The molecule has 2 aromatic rings. The molecule has 0 bridgehead atoms. The number of piperidine rings is 1. The zero-order valence-electron chi connectivity index (χ0n) is 15.8. The molecule has 4 rings (SSSR count). The summed E-state index contributed by atoms with van der Waals surface area (Å²) < 4.78 is 0. The second-order valence-corrected chi connectivity index (χ2v) is 7.59. The van der Waals surface area contributed by atoms with Gasteiger partial charge in [0.05, 0.1) is 0 Å². The normalized spacial score (nSPS) is 21.2. The number of aromatic nitrogens is 1. The van der Waals surface area contributed by atoms with Crippen molar-refractivity contribution in [1.29, 1.82) is 0 Å². The van der Waals surface area contributed by atoms with Crippen LogP contribution in [0.15, 0.2) is 48.8 Å². The number of carbonyl (C=O) groups is 1. The summed E-state index contributed by atoms with van der Waals surface area (Å²) in [4.78, 5) is 21.3. The van der Waals surface area contributed by atoms with Crippen LogP contribution >= 0.6 is 0 Å². The molecule has 1 aromatic carbocycles. The molecule has 5 heteroatoms. The molecule has 5 nitrogen and oxygen atoms in total. The third-order valence-corrected chi connectivity index (χ3v) is 5.74. The zero-order chi connectivity index (χ0) is 18.5. The Morgan fingerprint density at radius 3 is 2.44 bits per heavy atom. The summed E-state index contributed by atoms with van der Waals surface area (Å²) in [6.07, 6.45) is 6.14. The van der Waals surface area contributed by atoms with Gasteiger partial charge in [0.15, 0.2) is 0 Å². The van der Waals surface area contributed by atoms with Crippen LogP contribution in [0.25, 0.3) is 0 Å². The molecule has 3 heterocycles. The Hall–Kier alpha value is -2.24. The van der Waals surface area contributed by atoms with Gasteiger partial charge in [-0.2, -0.15) is 0 Å². The van der Waals surface area contributed by atoms with E-state index < -0.39 is 0 Å². The number of nitrogens with zero attached hydrogens (tertiary/aromatic N) is 3. The molecule has 0 saturated carbocycles. The monoisotopic (exact) mass is 364 g/mol. The topological polar surface area (TPSA) is 48.5 Å². The smallest absolute Gasteiger partial charge is 0.253 e. The van der Waals surface area contributed by atoms with E-state index in [2.05, 4.69) is 39.5 Å². The van der Waals surface area contributed by atoms with Crippen LogP contribution in [0.2, 0.25) is 0 Å². The Labute approximate surface area is 161 Å². The van der Waals surface area contributed by atoms with E-state index in [1.54, 1.807) is 0 Å². The predicted octanol–water partition coefficient (Wildman–Crippen LogP) is 2.51. The van der Waals surface area contributed by atoms with Crippen LogP contribution < -0.4 is 5.32 Å². The van der Waals surface area contributed by atoms with Crippen LogP contribution in [0.5, 0.6) is 0 Å².